The van der Waals surface area contributed by atoms with Crippen molar-refractivity contribution < 1.29 is 18.7 Å². The number of piperidine rings is 1. The third kappa shape index (κ3) is 4.59. The second kappa shape index (κ2) is 9.23. The van der Waals surface area contributed by atoms with Gasteiger partial charge in [0, 0.05) is 13.1 Å². The highest BCUT2D eigenvalue weighted by Gasteiger charge is 2.43. The van der Waals surface area contributed by atoms with Crippen LogP contribution in [0.2, 0.25) is 0 Å². The molecule has 0 N–H and O–H groups in total. The normalized spacial score (nSPS) is 21.8. The van der Waals surface area contributed by atoms with Gasteiger partial charge in [0.2, 0.25) is 0 Å². The molecule has 0 aliphatic carbocycles. The summed E-state index contributed by atoms with van der Waals surface area (Å²) in [6.45, 7) is 10.9. The number of carbonyl (C=O) groups excluding carboxylic acids is 2. The van der Waals surface area contributed by atoms with Gasteiger partial charge in [-0.05, 0) is 54.0 Å². The number of benzene rings is 1. The molecule has 2 unspecified atom stereocenters. The molecule has 2 atom stereocenters. The second-order valence-electron chi connectivity index (χ2n) is 9.58. The molecule has 4 rings (SSSR count). The first kappa shape index (κ1) is 22.2. The van der Waals surface area contributed by atoms with Crippen LogP contribution < -0.4 is 4.74 Å². The molecule has 170 valence electrons. The summed E-state index contributed by atoms with van der Waals surface area (Å²) >= 11 is 0. The van der Waals surface area contributed by atoms with Crippen molar-refractivity contribution in [3.8, 4) is 5.75 Å². The highest BCUT2D eigenvalue weighted by Crippen LogP contribution is 2.36. The zero-order chi connectivity index (χ0) is 22.8. The Bertz CT molecular complexity index is 981. The van der Waals surface area contributed by atoms with E-state index in [0.29, 0.717) is 41.4 Å². The van der Waals surface area contributed by atoms with E-state index >= 15 is 0 Å². The minimum atomic E-state index is -0.275. The van der Waals surface area contributed by atoms with E-state index in [-0.39, 0.29) is 18.4 Å². The van der Waals surface area contributed by atoms with Crippen LogP contribution in [0.4, 0.5) is 0 Å². The molecule has 3 heterocycles. The molecule has 6 heteroatoms. The summed E-state index contributed by atoms with van der Waals surface area (Å²) in [4.78, 5) is 30.4. The Kier molecular flexibility index (Phi) is 6.40. The van der Waals surface area contributed by atoms with Crippen LogP contribution in [0.5, 0.6) is 5.75 Å². The van der Waals surface area contributed by atoms with Gasteiger partial charge in [-0.3, -0.25) is 14.5 Å². The Morgan fingerprint density at radius 1 is 1.03 bits per heavy atom. The van der Waals surface area contributed by atoms with E-state index in [1.54, 1.807) is 18.4 Å². The van der Waals surface area contributed by atoms with Gasteiger partial charge >= 0.3 is 0 Å². The molecule has 1 aromatic carbocycles. The predicted octanol–water partition coefficient (Wildman–Crippen LogP) is 4.57. The molecule has 0 saturated carbocycles. The van der Waals surface area contributed by atoms with E-state index in [2.05, 4.69) is 32.6 Å². The smallest absolute Gasteiger partial charge is 0.278 e. The number of rotatable bonds is 7. The number of hydrogen-bond acceptors (Lipinski definition) is 5. The third-order valence-corrected chi connectivity index (χ3v) is 5.95. The number of ether oxygens (including phenoxy) is 1. The summed E-state index contributed by atoms with van der Waals surface area (Å²) in [5, 5.41) is 0. The SMILES string of the molecule is CC(C)COc1ccc(C2=C(N3CC(C)CC(C)C3)C(=O)N(Cc3ccco3)C2=O)cc1. The van der Waals surface area contributed by atoms with Gasteiger partial charge in [0.15, 0.2) is 0 Å². The van der Waals surface area contributed by atoms with E-state index in [1.807, 2.05) is 24.3 Å². The van der Waals surface area contributed by atoms with Crippen LogP contribution in [0.15, 0.2) is 52.8 Å². The molecule has 0 bridgehead atoms. The topological polar surface area (TPSA) is 63.0 Å². The lowest BCUT2D eigenvalue weighted by molar-refractivity contribution is -0.138. The van der Waals surface area contributed by atoms with Crippen molar-refractivity contribution in [2.75, 3.05) is 19.7 Å². The highest BCUT2D eigenvalue weighted by atomic mass is 16.5. The van der Waals surface area contributed by atoms with Crippen LogP contribution in [0.3, 0.4) is 0 Å². The minimum absolute atomic E-state index is 0.131. The van der Waals surface area contributed by atoms with Gasteiger partial charge in [-0.2, -0.15) is 0 Å². The first-order valence-electron chi connectivity index (χ1n) is 11.4. The van der Waals surface area contributed by atoms with Crippen LogP contribution >= 0.6 is 0 Å². The van der Waals surface area contributed by atoms with Crippen molar-refractivity contribution in [2.45, 2.75) is 40.7 Å². The van der Waals surface area contributed by atoms with Crippen molar-refractivity contribution in [1.29, 1.82) is 0 Å². The molecular weight excluding hydrogens is 404 g/mol. The lowest BCUT2D eigenvalue weighted by Crippen LogP contribution is -2.41. The highest BCUT2D eigenvalue weighted by molar-refractivity contribution is 6.35. The Hall–Kier alpha value is -3.02. The van der Waals surface area contributed by atoms with Gasteiger partial charge in [-0.1, -0.05) is 39.8 Å². The van der Waals surface area contributed by atoms with E-state index in [4.69, 9.17) is 9.15 Å². The predicted molar refractivity (Wildman–Crippen MR) is 122 cm³/mol. The lowest BCUT2D eigenvalue weighted by atomic mass is 9.91. The molecule has 2 aromatic rings. The number of carbonyl (C=O) groups is 2. The number of amides is 2. The van der Waals surface area contributed by atoms with Crippen LogP contribution in [0, 0.1) is 17.8 Å². The fourth-order valence-corrected chi connectivity index (χ4v) is 4.65. The van der Waals surface area contributed by atoms with Crippen molar-refractivity contribution in [2.24, 2.45) is 17.8 Å². The van der Waals surface area contributed by atoms with E-state index in [1.165, 1.54) is 4.90 Å². The molecule has 0 spiro atoms. The van der Waals surface area contributed by atoms with E-state index < -0.39 is 0 Å². The van der Waals surface area contributed by atoms with Crippen LogP contribution in [-0.2, 0) is 16.1 Å². The Balaban J connectivity index is 1.69. The zero-order valence-corrected chi connectivity index (χ0v) is 19.3. The molecule has 2 aliphatic heterocycles. The minimum Gasteiger partial charge on any atom is -0.493 e. The maximum absolute atomic E-state index is 13.5. The number of likely N-dealkylation sites (tertiary alicyclic amines) is 1. The van der Waals surface area contributed by atoms with Crippen molar-refractivity contribution in [3.63, 3.8) is 0 Å². The fraction of sp³-hybridized carbons (Fsp3) is 0.462. The number of hydrogen-bond donors (Lipinski definition) is 0. The van der Waals surface area contributed by atoms with E-state index in [0.717, 1.165) is 30.8 Å². The number of imide groups is 1. The lowest BCUT2D eigenvalue weighted by Gasteiger charge is -2.37. The monoisotopic (exact) mass is 436 g/mol. The van der Waals surface area contributed by atoms with Crippen molar-refractivity contribution in [3.05, 3.63) is 59.7 Å². The van der Waals surface area contributed by atoms with Gasteiger partial charge in [-0.15, -0.1) is 0 Å². The Labute approximate surface area is 189 Å². The summed E-state index contributed by atoms with van der Waals surface area (Å²) < 4.78 is 11.2. The molecule has 1 saturated heterocycles. The third-order valence-electron chi connectivity index (χ3n) is 5.95. The van der Waals surface area contributed by atoms with Crippen LogP contribution in [0.25, 0.3) is 5.57 Å². The maximum Gasteiger partial charge on any atom is 0.278 e. The molecule has 1 fully saturated rings. The Morgan fingerprint density at radius 2 is 1.72 bits per heavy atom. The van der Waals surface area contributed by atoms with Gasteiger partial charge in [0.25, 0.3) is 11.8 Å². The van der Waals surface area contributed by atoms with Gasteiger partial charge in [0.05, 0.1) is 25.0 Å². The molecule has 2 amide bonds. The summed E-state index contributed by atoms with van der Waals surface area (Å²) in [6.07, 6.45) is 2.68. The quantitative estimate of drug-likeness (QED) is 0.595. The summed E-state index contributed by atoms with van der Waals surface area (Å²) in [5.74, 6) is 2.17. The summed E-state index contributed by atoms with van der Waals surface area (Å²) in [5.41, 5.74) is 1.72. The van der Waals surface area contributed by atoms with Gasteiger partial charge < -0.3 is 14.1 Å². The first-order chi connectivity index (χ1) is 15.3. The van der Waals surface area contributed by atoms with Gasteiger partial charge in [-0.25, -0.2) is 0 Å². The molecule has 0 radical (unpaired) electrons. The zero-order valence-electron chi connectivity index (χ0n) is 19.3. The number of nitrogens with zero attached hydrogens (tertiary/aromatic N) is 2. The molecular formula is C26H32N2O4. The molecule has 2 aliphatic rings. The van der Waals surface area contributed by atoms with E-state index in [9.17, 15) is 9.59 Å². The summed E-state index contributed by atoms with van der Waals surface area (Å²) in [6, 6.07) is 11.0. The van der Waals surface area contributed by atoms with Crippen LogP contribution in [-0.4, -0.2) is 41.3 Å². The fourth-order valence-electron chi connectivity index (χ4n) is 4.65. The molecule has 32 heavy (non-hydrogen) atoms. The summed E-state index contributed by atoms with van der Waals surface area (Å²) in [7, 11) is 0. The maximum atomic E-state index is 13.5. The average Bonchev–Trinajstić information content (AvgIpc) is 3.34. The largest absolute Gasteiger partial charge is 0.493 e. The second-order valence-corrected chi connectivity index (χ2v) is 9.58. The van der Waals surface area contributed by atoms with Crippen LogP contribution in [0.1, 0.15) is 45.4 Å². The standard InChI is InChI=1S/C26H32N2O4/c1-17(2)16-32-21-9-7-20(8-10-21)23-24(27-13-18(3)12-19(4)14-27)26(30)28(25(23)29)15-22-6-5-11-31-22/h5-11,17-19H,12-16H2,1-4H3. The molecule has 1 aromatic heterocycles. The van der Waals surface area contributed by atoms with Gasteiger partial charge in [0.1, 0.15) is 17.2 Å². The Morgan fingerprint density at radius 3 is 2.31 bits per heavy atom. The van der Waals surface area contributed by atoms with Crippen molar-refractivity contribution >= 4 is 17.4 Å². The average molecular weight is 437 g/mol. The molecule has 6 nitrogen and oxygen atoms in total. The first-order valence-corrected chi connectivity index (χ1v) is 11.4. The van der Waals surface area contributed by atoms with Crippen molar-refractivity contribution in [1.82, 2.24) is 9.80 Å². The number of furan rings is 1.